The fourth-order valence-corrected chi connectivity index (χ4v) is 5.87. The first-order valence-corrected chi connectivity index (χ1v) is 22.8. The minimum absolute atomic E-state index is 0. The average Bonchev–Trinajstić information content (AvgIpc) is 3.38. The number of alkyl halides is 1. The van der Waals surface area contributed by atoms with E-state index in [1.165, 1.54) is 25.0 Å². The number of aromatic hydroxyl groups is 1. The zero-order valence-corrected chi connectivity index (χ0v) is 62.0. The molecule has 0 fully saturated rings. The van der Waals surface area contributed by atoms with Crippen LogP contribution in [0.3, 0.4) is 0 Å². The van der Waals surface area contributed by atoms with Crippen molar-refractivity contribution in [2.75, 3.05) is 13.9 Å². The maximum atomic E-state index is 12.4. The van der Waals surface area contributed by atoms with Gasteiger partial charge in [0.15, 0.2) is 18.0 Å². The van der Waals surface area contributed by atoms with Gasteiger partial charge in [0, 0.05) is 24.3 Å². The number of ether oxygens (including phenoxy) is 2. The van der Waals surface area contributed by atoms with Crippen molar-refractivity contribution in [3.63, 3.8) is 0 Å². The van der Waals surface area contributed by atoms with Gasteiger partial charge in [-0.1, -0.05) is 195 Å². The van der Waals surface area contributed by atoms with E-state index in [2.05, 4.69) is 15.9 Å². The van der Waals surface area contributed by atoms with E-state index in [0.29, 0.717) is 33.3 Å². The van der Waals surface area contributed by atoms with Gasteiger partial charge in [0.2, 0.25) is 0 Å². The zero-order chi connectivity index (χ0) is 49.3. The fourth-order valence-electron chi connectivity index (χ4n) is 5.50. The first kappa shape index (κ1) is 74.6. The minimum atomic E-state index is -1.52. The fraction of sp³-hybridized carbons (Fsp3) is 0.286. The molecular formula is C56H76BBrO11Sg3. The van der Waals surface area contributed by atoms with E-state index < -0.39 is 7.12 Å². The Morgan fingerprint density at radius 3 is 1.50 bits per heavy atom. The standard InChI is InChI=1S/C16H12O3.C15H14O3.C8H11BO4.C8H9BrO.3C2H6.3CH4.3Sg/c17-9-11-5-7-12(8-6-11)14-10-19-15-4-2-1-3-13(15)16(14)18;16-10-12-7-5-11(6-8-12)9-15(18)13-3-1-2-4-14(13)17;1-12-6-13-8-5-3-2-4-7(8)9(10)11;9-5-7-1-3-8(6-10)4-2-7;3*1-2;;;;;;/h1-8,10,17H,9H2;1-8,16-17H,9-10H2;2-5,10-11H,6H2,1H3;1-4,10H,5-6H2;3*1-2H3;3*1H4;;;. The molecule has 1 aromatic heterocycles. The third-order valence-electron chi connectivity index (χ3n) is 8.79. The molecule has 16 heteroatoms. The second-order valence-electron chi connectivity index (χ2n) is 13.0. The number of carbonyl (C=O) groups is 1. The summed E-state index contributed by atoms with van der Waals surface area (Å²) in [6.45, 7) is 12.2. The van der Waals surface area contributed by atoms with E-state index in [1.807, 2.05) is 102 Å². The maximum absolute atomic E-state index is 12.4. The van der Waals surface area contributed by atoms with Crippen LogP contribution in [0, 0.1) is 0 Å². The van der Waals surface area contributed by atoms with Crippen molar-refractivity contribution in [3.8, 4) is 22.6 Å². The van der Waals surface area contributed by atoms with Gasteiger partial charge in [-0.05, 0) is 63.7 Å². The minimum Gasteiger partial charge on any atom is -0.507 e. The topological polar surface area (TPSA) is 187 Å². The van der Waals surface area contributed by atoms with Crippen LogP contribution >= 0.6 is 15.9 Å². The summed E-state index contributed by atoms with van der Waals surface area (Å²) in [6, 6.07) is 42.6. The molecule has 0 radical (unpaired) electrons. The van der Waals surface area contributed by atoms with Crippen LogP contribution in [-0.4, -0.2) is 57.3 Å². The molecule has 0 bridgehead atoms. The summed E-state index contributed by atoms with van der Waals surface area (Å²) in [5.74, 6) is 0.304. The second kappa shape index (κ2) is 43.4. The normalized spacial score (nSPS) is 8.79. The Labute approximate surface area is 420 Å². The summed E-state index contributed by atoms with van der Waals surface area (Å²) in [6.07, 6.45) is 1.72. The number of halogens is 1. The SMILES string of the molecule is C.C.C.CC.CC.CC.COCOc1ccccc1B(O)O.O=C(Cc1ccc(CO)cc1)c1ccccc1O.O=c1c(-c2ccc(CO)cc2)coc2ccccc12.OCc1ccc(CBr)cc1.[Sg].[Sg].[Sg]. The second-order valence-corrected chi connectivity index (χ2v) is 13.6. The molecule has 0 aliphatic rings. The number of phenols is 1. The van der Waals surface area contributed by atoms with Gasteiger partial charge in [0.25, 0.3) is 0 Å². The predicted octanol–water partition coefficient (Wildman–Crippen LogP) is 11.7. The van der Waals surface area contributed by atoms with Crippen LogP contribution in [0.1, 0.15) is 102 Å². The van der Waals surface area contributed by atoms with Crippen LogP contribution in [0.5, 0.6) is 11.5 Å². The Morgan fingerprint density at radius 1 is 0.597 bits per heavy atom. The van der Waals surface area contributed by atoms with Crippen LogP contribution in [0.2, 0.25) is 0 Å². The number of aliphatic hydroxyl groups is 3. The van der Waals surface area contributed by atoms with E-state index in [1.54, 1.807) is 78.9 Å². The van der Waals surface area contributed by atoms with Gasteiger partial charge in [-0.15, -0.1) is 0 Å². The molecule has 11 nitrogen and oxygen atoms in total. The van der Waals surface area contributed by atoms with Gasteiger partial charge in [0.1, 0.15) is 23.3 Å². The maximum Gasteiger partial charge on any atom is 0.492 e. The van der Waals surface area contributed by atoms with E-state index in [-0.39, 0.29) is 72.3 Å². The summed E-state index contributed by atoms with van der Waals surface area (Å²) < 4.78 is 15.3. The predicted molar refractivity (Wildman–Crippen MR) is 290 cm³/mol. The van der Waals surface area contributed by atoms with E-state index in [0.717, 1.165) is 33.1 Å². The van der Waals surface area contributed by atoms with E-state index in [4.69, 9.17) is 39.3 Å². The van der Waals surface area contributed by atoms with Crippen molar-refractivity contribution in [1.29, 1.82) is 0 Å². The zero-order valence-electron chi connectivity index (χ0n) is 41.0. The number of rotatable bonds is 12. The van der Waals surface area contributed by atoms with Crippen LogP contribution in [0.15, 0.2) is 161 Å². The Hall–Kier alpha value is -8.90. The van der Waals surface area contributed by atoms with Crippen molar-refractivity contribution in [1.82, 2.24) is 0 Å². The molecule has 72 heavy (non-hydrogen) atoms. The molecule has 0 aliphatic heterocycles. The first-order chi connectivity index (χ1) is 32.1. The molecule has 0 atom stereocenters. The summed E-state index contributed by atoms with van der Waals surface area (Å²) in [5, 5.41) is 55.5. The number of Topliss-reactive ketones (excluding diaryl/α,β-unsaturated/α-hetero) is 1. The van der Waals surface area contributed by atoms with Crippen molar-refractivity contribution >= 4 is 45.3 Å². The number of hydrogen-bond donors (Lipinski definition) is 6. The van der Waals surface area contributed by atoms with Crippen LogP contribution in [-0.2, 0) is 36.3 Å². The van der Waals surface area contributed by atoms with Crippen molar-refractivity contribution in [2.24, 2.45) is 0 Å². The molecule has 6 aromatic carbocycles. The Morgan fingerprint density at radius 2 is 1.03 bits per heavy atom. The van der Waals surface area contributed by atoms with Gasteiger partial charge < -0.3 is 44.4 Å². The number of fused-ring (bicyclic) bond motifs is 1. The summed E-state index contributed by atoms with van der Waals surface area (Å²) >= 11 is 3.34. The third-order valence-corrected chi connectivity index (χ3v) is 9.44. The third kappa shape index (κ3) is 24.4. The number of hydrogen-bond acceptors (Lipinski definition) is 11. The van der Waals surface area contributed by atoms with Gasteiger partial charge in [-0.25, -0.2) is 0 Å². The molecular weight excluding hydrogens is 1750 g/mol. The Balaban J connectivity index is -0.000000193. The smallest absolute Gasteiger partial charge is 0.492 e. The van der Waals surface area contributed by atoms with Gasteiger partial charge in [-0.3, -0.25) is 9.59 Å². The van der Waals surface area contributed by atoms with Gasteiger partial charge in [-0.2, -0.15) is 0 Å². The molecule has 0 unspecified atom stereocenters. The molecule has 0 amide bonds. The average molecular weight is 1820 g/mol. The molecule has 0 saturated heterocycles. The van der Waals surface area contributed by atoms with Crippen molar-refractivity contribution in [3.05, 3.63) is 195 Å². The summed E-state index contributed by atoms with van der Waals surface area (Å²) in [5.41, 5.74) is 7.22. The van der Waals surface area contributed by atoms with Crippen LogP contribution in [0.25, 0.3) is 22.1 Å². The van der Waals surface area contributed by atoms with Gasteiger partial charge >= 0.3 is 7.12 Å². The quantitative estimate of drug-likeness (QED) is 0.0296. The monoisotopic (exact) mass is 1830 g/mol. The molecule has 6 N–H and O–H groups in total. The summed E-state index contributed by atoms with van der Waals surface area (Å²) in [4.78, 5) is 24.4. The van der Waals surface area contributed by atoms with Crippen molar-refractivity contribution in [2.45, 2.75) is 95.4 Å². The van der Waals surface area contributed by atoms with E-state index >= 15 is 0 Å². The molecule has 7 aromatic rings. The van der Waals surface area contributed by atoms with Crippen molar-refractivity contribution < 1.29 is 49.2 Å². The number of para-hydroxylation sites is 3. The molecule has 0 aliphatic carbocycles. The van der Waals surface area contributed by atoms with Crippen LogP contribution in [0.4, 0.5) is 0 Å². The number of phenolic OH excluding ortho intramolecular Hbond substituents is 1. The number of aliphatic hydroxyl groups excluding tert-OH is 3. The van der Waals surface area contributed by atoms with Crippen LogP contribution < -0.4 is 15.6 Å². The Kier molecular flexibility index (Phi) is 45.0. The number of benzene rings is 6. The number of carbonyl (C=O) groups excluding carboxylic acids is 1. The largest absolute Gasteiger partial charge is 0.507 e. The number of methoxy groups -OCH3 is 1. The Bertz CT molecular complexity index is 2420. The molecule has 382 valence electrons. The summed E-state index contributed by atoms with van der Waals surface area (Å²) in [7, 11) is -0.0223. The van der Waals surface area contributed by atoms with Gasteiger partial charge in [0.05, 0.1) is 36.3 Å². The first-order valence-electron chi connectivity index (χ1n) is 21.6. The number of ketones is 1. The molecule has 0 saturated carbocycles. The molecule has 7 rings (SSSR count). The van der Waals surface area contributed by atoms with E-state index in [9.17, 15) is 14.7 Å². The molecule has 1 heterocycles. The molecule has 0 spiro atoms.